The van der Waals surface area contributed by atoms with E-state index >= 15 is 0 Å². The van der Waals surface area contributed by atoms with Crippen LogP contribution in [-0.4, -0.2) is 50.8 Å². The van der Waals surface area contributed by atoms with E-state index in [4.69, 9.17) is 9.47 Å². The van der Waals surface area contributed by atoms with Crippen molar-refractivity contribution in [3.05, 3.63) is 59.7 Å². The minimum absolute atomic E-state index is 0.160. The van der Waals surface area contributed by atoms with Crippen LogP contribution >= 0.6 is 0 Å². The van der Waals surface area contributed by atoms with Gasteiger partial charge in [0, 0.05) is 19.3 Å². The number of nitrogens with one attached hydrogen (secondary N) is 3. The van der Waals surface area contributed by atoms with Gasteiger partial charge < -0.3 is 20.1 Å². The Morgan fingerprint density at radius 2 is 1.83 bits per heavy atom. The smallest absolute Gasteiger partial charge is 0.329 e. The molecule has 9 nitrogen and oxygen atoms in total. The van der Waals surface area contributed by atoms with Crippen LogP contribution in [0.4, 0.5) is 5.69 Å². The zero-order chi connectivity index (χ0) is 21.8. The number of hydrogen-bond donors (Lipinski definition) is 3. The molecule has 0 radical (unpaired) electrons. The Labute approximate surface area is 174 Å². The van der Waals surface area contributed by atoms with Crippen molar-refractivity contribution in [1.29, 1.82) is 0 Å². The number of nitrogens with zero attached hydrogens (tertiary/aromatic N) is 1. The maximum Gasteiger partial charge on any atom is 0.329 e. The fourth-order valence-corrected chi connectivity index (χ4v) is 2.23. The SMILES string of the molecule is COCCNC(=O)C(=O)N/N=C\c1cccc(OCC(=O)Nc2ccc(C)cc2)c1. The van der Waals surface area contributed by atoms with E-state index in [9.17, 15) is 14.4 Å². The third-order valence-corrected chi connectivity index (χ3v) is 3.74. The van der Waals surface area contributed by atoms with Crippen LogP contribution in [0.1, 0.15) is 11.1 Å². The molecular formula is C21H24N4O5. The Morgan fingerprint density at radius 1 is 1.07 bits per heavy atom. The van der Waals surface area contributed by atoms with Crippen molar-refractivity contribution in [2.24, 2.45) is 5.10 Å². The normalized spacial score (nSPS) is 10.5. The van der Waals surface area contributed by atoms with Crippen molar-refractivity contribution in [1.82, 2.24) is 10.7 Å². The molecule has 2 aromatic carbocycles. The van der Waals surface area contributed by atoms with Crippen molar-refractivity contribution in [3.63, 3.8) is 0 Å². The number of ether oxygens (including phenoxy) is 2. The van der Waals surface area contributed by atoms with E-state index in [1.54, 1.807) is 24.3 Å². The molecule has 0 spiro atoms. The first kappa shape index (κ1) is 22.6. The average Bonchev–Trinajstić information content (AvgIpc) is 2.74. The topological polar surface area (TPSA) is 118 Å². The highest BCUT2D eigenvalue weighted by atomic mass is 16.5. The lowest BCUT2D eigenvalue weighted by Crippen LogP contribution is -2.39. The number of benzene rings is 2. The first-order valence-electron chi connectivity index (χ1n) is 9.17. The van der Waals surface area contributed by atoms with Gasteiger partial charge in [-0.1, -0.05) is 29.8 Å². The number of methoxy groups -OCH3 is 1. The molecule has 2 rings (SSSR count). The second-order valence-corrected chi connectivity index (χ2v) is 6.22. The third kappa shape index (κ3) is 8.11. The number of anilines is 1. The molecule has 30 heavy (non-hydrogen) atoms. The van der Waals surface area contributed by atoms with Crippen LogP contribution in [0.5, 0.6) is 5.75 Å². The van der Waals surface area contributed by atoms with Gasteiger partial charge in [0.05, 0.1) is 12.8 Å². The van der Waals surface area contributed by atoms with Gasteiger partial charge >= 0.3 is 11.8 Å². The predicted molar refractivity (Wildman–Crippen MR) is 112 cm³/mol. The van der Waals surface area contributed by atoms with E-state index in [1.807, 2.05) is 31.2 Å². The van der Waals surface area contributed by atoms with Crippen LogP contribution in [0, 0.1) is 6.92 Å². The summed E-state index contributed by atoms with van der Waals surface area (Å²) in [6, 6.07) is 14.2. The zero-order valence-electron chi connectivity index (χ0n) is 16.8. The fraction of sp³-hybridized carbons (Fsp3) is 0.238. The van der Waals surface area contributed by atoms with Crippen molar-refractivity contribution < 1.29 is 23.9 Å². The van der Waals surface area contributed by atoms with Crippen molar-refractivity contribution in [2.75, 3.05) is 32.2 Å². The van der Waals surface area contributed by atoms with E-state index in [0.29, 0.717) is 23.6 Å². The summed E-state index contributed by atoms with van der Waals surface area (Å²) in [5, 5.41) is 8.87. The monoisotopic (exact) mass is 412 g/mol. The molecule has 0 heterocycles. The molecule has 0 aromatic heterocycles. The van der Waals surface area contributed by atoms with Gasteiger partial charge in [0.25, 0.3) is 5.91 Å². The summed E-state index contributed by atoms with van der Waals surface area (Å²) in [5.74, 6) is -1.52. The molecule has 0 atom stereocenters. The Hall–Kier alpha value is -3.72. The van der Waals surface area contributed by atoms with Crippen LogP contribution < -0.4 is 20.8 Å². The minimum atomic E-state index is -0.887. The van der Waals surface area contributed by atoms with Gasteiger partial charge in [-0.2, -0.15) is 5.10 Å². The first-order chi connectivity index (χ1) is 14.5. The molecule has 3 amide bonds. The Morgan fingerprint density at radius 3 is 2.57 bits per heavy atom. The average molecular weight is 412 g/mol. The second-order valence-electron chi connectivity index (χ2n) is 6.22. The molecule has 0 bridgehead atoms. The van der Waals surface area contributed by atoms with Crippen LogP contribution in [0.3, 0.4) is 0 Å². The largest absolute Gasteiger partial charge is 0.484 e. The highest BCUT2D eigenvalue weighted by molar-refractivity contribution is 6.35. The number of carbonyl (C=O) groups is 3. The van der Waals surface area contributed by atoms with Crippen LogP contribution in [0.25, 0.3) is 0 Å². The summed E-state index contributed by atoms with van der Waals surface area (Å²) < 4.78 is 10.3. The van der Waals surface area contributed by atoms with Gasteiger partial charge in [0.2, 0.25) is 0 Å². The van der Waals surface area contributed by atoms with E-state index in [2.05, 4.69) is 21.2 Å². The number of hydrazone groups is 1. The highest BCUT2D eigenvalue weighted by Crippen LogP contribution is 2.13. The molecule has 158 valence electrons. The summed E-state index contributed by atoms with van der Waals surface area (Å²) >= 11 is 0. The van der Waals surface area contributed by atoms with Gasteiger partial charge in [-0.3, -0.25) is 14.4 Å². The van der Waals surface area contributed by atoms with Crippen molar-refractivity contribution >= 4 is 29.6 Å². The van der Waals surface area contributed by atoms with Crippen LogP contribution in [0.2, 0.25) is 0 Å². The third-order valence-electron chi connectivity index (χ3n) is 3.74. The molecule has 2 aromatic rings. The van der Waals surface area contributed by atoms with Gasteiger partial charge in [-0.05, 0) is 36.8 Å². The number of aryl methyl sites for hydroxylation is 1. The molecule has 0 aliphatic carbocycles. The lowest BCUT2D eigenvalue weighted by atomic mass is 10.2. The van der Waals surface area contributed by atoms with Crippen molar-refractivity contribution in [2.45, 2.75) is 6.92 Å². The lowest BCUT2D eigenvalue weighted by Gasteiger charge is -2.08. The number of carbonyl (C=O) groups excluding carboxylic acids is 3. The second kappa shape index (κ2) is 12.0. The maximum atomic E-state index is 12.0. The van der Waals surface area contributed by atoms with E-state index in [-0.39, 0.29) is 19.1 Å². The summed E-state index contributed by atoms with van der Waals surface area (Å²) in [6.07, 6.45) is 1.36. The summed E-state index contributed by atoms with van der Waals surface area (Å²) in [7, 11) is 1.49. The predicted octanol–water partition coefficient (Wildman–Crippen LogP) is 1.23. The number of amides is 3. The Bertz CT molecular complexity index is 897. The van der Waals surface area contributed by atoms with E-state index in [1.165, 1.54) is 13.3 Å². The highest BCUT2D eigenvalue weighted by Gasteiger charge is 2.11. The molecule has 9 heteroatoms. The molecule has 0 saturated carbocycles. The quantitative estimate of drug-likeness (QED) is 0.248. The summed E-state index contributed by atoms with van der Waals surface area (Å²) in [5.41, 5.74) is 4.54. The molecule has 0 saturated heterocycles. The van der Waals surface area contributed by atoms with Crippen molar-refractivity contribution in [3.8, 4) is 5.75 Å². The molecule has 3 N–H and O–H groups in total. The molecular weight excluding hydrogens is 388 g/mol. The number of rotatable bonds is 9. The molecule has 0 aliphatic rings. The summed E-state index contributed by atoms with van der Waals surface area (Å²) in [4.78, 5) is 35.1. The van der Waals surface area contributed by atoms with Gasteiger partial charge in [0.1, 0.15) is 5.75 Å². The van der Waals surface area contributed by atoms with E-state index in [0.717, 1.165) is 5.56 Å². The van der Waals surface area contributed by atoms with Crippen LogP contribution in [-0.2, 0) is 19.1 Å². The molecule has 0 aliphatic heterocycles. The first-order valence-corrected chi connectivity index (χ1v) is 9.17. The minimum Gasteiger partial charge on any atom is -0.484 e. The van der Waals surface area contributed by atoms with Crippen LogP contribution in [0.15, 0.2) is 53.6 Å². The Balaban J connectivity index is 1.80. The fourth-order valence-electron chi connectivity index (χ4n) is 2.23. The van der Waals surface area contributed by atoms with Gasteiger partial charge in [-0.15, -0.1) is 0 Å². The van der Waals surface area contributed by atoms with Gasteiger partial charge in [-0.25, -0.2) is 5.43 Å². The summed E-state index contributed by atoms with van der Waals surface area (Å²) in [6.45, 7) is 2.34. The molecule has 0 unspecified atom stereocenters. The standard InChI is InChI=1S/C21H24N4O5/c1-15-6-8-17(9-7-15)24-19(26)14-30-18-5-3-4-16(12-18)13-23-25-21(28)20(27)22-10-11-29-2/h3-9,12-13H,10-11,14H2,1-2H3,(H,22,27)(H,24,26)(H,25,28)/b23-13-. The Kier molecular flexibility index (Phi) is 9.01. The number of hydrogen-bond acceptors (Lipinski definition) is 6. The lowest BCUT2D eigenvalue weighted by molar-refractivity contribution is -0.139. The van der Waals surface area contributed by atoms with E-state index < -0.39 is 11.8 Å². The molecule has 0 fully saturated rings. The maximum absolute atomic E-state index is 12.0. The van der Waals surface area contributed by atoms with Gasteiger partial charge in [0.15, 0.2) is 6.61 Å². The zero-order valence-corrected chi connectivity index (χ0v) is 16.8.